The van der Waals surface area contributed by atoms with Gasteiger partial charge in [-0.2, -0.15) is 0 Å². The van der Waals surface area contributed by atoms with Crippen LogP contribution in [0.1, 0.15) is 11.1 Å². The molecule has 0 saturated heterocycles. The van der Waals surface area contributed by atoms with E-state index in [-0.39, 0.29) is 0 Å². The highest BCUT2D eigenvalue weighted by atomic mass is 16.5. The Labute approximate surface area is 120 Å². The summed E-state index contributed by atoms with van der Waals surface area (Å²) >= 11 is 0. The molecule has 2 nitrogen and oxygen atoms in total. The molecule has 0 fully saturated rings. The van der Waals surface area contributed by atoms with Crippen LogP contribution in [0.4, 0.5) is 0 Å². The van der Waals surface area contributed by atoms with Crippen LogP contribution in [-0.4, -0.2) is 13.2 Å². The normalized spacial score (nSPS) is 10.7. The highest BCUT2D eigenvalue weighted by Crippen LogP contribution is 2.16. The lowest BCUT2D eigenvalue weighted by atomic mass is 10.2. The third kappa shape index (κ3) is 4.16. The lowest BCUT2D eigenvalue weighted by Crippen LogP contribution is -1.98. The summed E-state index contributed by atoms with van der Waals surface area (Å²) in [5.41, 5.74) is 2.30. The van der Waals surface area contributed by atoms with Crippen LogP contribution in [0.2, 0.25) is 0 Å². The zero-order valence-corrected chi connectivity index (χ0v) is 12.0. The van der Waals surface area contributed by atoms with Crippen LogP contribution >= 0.6 is 0 Å². The summed E-state index contributed by atoms with van der Waals surface area (Å²) in [7, 11) is 0. The van der Waals surface area contributed by atoms with E-state index in [0.29, 0.717) is 13.2 Å². The maximum Gasteiger partial charge on any atom is 0.122 e. The Morgan fingerprint density at radius 3 is 1.50 bits per heavy atom. The Morgan fingerprint density at radius 2 is 1.10 bits per heavy atom. The van der Waals surface area contributed by atoms with Crippen molar-refractivity contribution in [2.24, 2.45) is 0 Å². The highest BCUT2D eigenvalue weighted by molar-refractivity contribution is 5.32. The molecule has 0 saturated carbocycles. The summed E-state index contributed by atoms with van der Waals surface area (Å²) in [6.07, 6.45) is 3.95. The van der Waals surface area contributed by atoms with E-state index >= 15 is 0 Å². The largest absolute Gasteiger partial charge is 0.489 e. The zero-order valence-electron chi connectivity index (χ0n) is 12.0. The molecule has 0 unspecified atom stereocenters. The summed E-state index contributed by atoms with van der Waals surface area (Å²) in [5.74, 6) is 1.86. The van der Waals surface area contributed by atoms with Gasteiger partial charge in [-0.05, 0) is 49.3 Å². The van der Waals surface area contributed by atoms with Crippen molar-refractivity contribution < 1.29 is 9.47 Å². The molecule has 0 aliphatic carbocycles. The molecule has 0 spiro atoms. The second-order valence-electron chi connectivity index (χ2n) is 4.62. The summed E-state index contributed by atoms with van der Waals surface area (Å²) in [6, 6.07) is 16.0. The summed E-state index contributed by atoms with van der Waals surface area (Å²) in [6.45, 7) is 5.20. The van der Waals surface area contributed by atoms with Gasteiger partial charge in [0.2, 0.25) is 0 Å². The minimum atomic E-state index is 0.558. The van der Waals surface area contributed by atoms with Gasteiger partial charge < -0.3 is 9.47 Å². The Hall–Kier alpha value is -2.22. The monoisotopic (exact) mass is 268 g/mol. The molecule has 0 amide bonds. The van der Waals surface area contributed by atoms with Gasteiger partial charge in [0.25, 0.3) is 0 Å². The number of rotatable bonds is 6. The van der Waals surface area contributed by atoms with Crippen molar-refractivity contribution in [2.45, 2.75) is 13.8 Å². The van der Waals surface area contributed by atoms with Gasteiger partial charge in [-0.15, -0.1) is 0 Å². The van der Waals surface area contributed by atoms with Gasteiger partial charge in [0.15, 0.2) is 0 Å². The topological polar surface area (TPSA) is 18.5 Å². The smallest absolute Gasteiger partial charge is 0.122 e. The number of hydrogen-bond donors (Lipinski definition) is 0. The van der Waals surface area contributed by atoms with Crippen LogP contribution in [0.3, 0.4) is 0 Å². The number of para-hydroxylation sites is 2. The van der Waals surface area contributed by atoms with Crippen molar-refractivity contribution in [3.8, 4) is 11.5 Å². The van der Waals surface area contributed by atoms with Gasteiger partial charge in [0.1, 0.15) is 24.7 Å². The first-order valence-corrected chi connectivity index (χ1v) is 6.79. The van der Waals surface area contributed by atoms with E-state index in [1.807, 2.05) is 74.5 Å². The van der Waals surface area contributed by atoms with Crippen molar-refractivity contribution in [1.82, 2.24) is 0 Å². The maximum absolute atomic E-state index is 5.67. The number of hydrogen-bond acceptors (Lipinski definition) is 2. The molecule has 0 heterocycles. The van der Waals surface area contributed by atoms with Gasteiger partial charge in [-0.3, -0.25) is 0 Å². The summed E-state index contributed by atoms with van der Waals surface area (Å²) < 4.78 is 11.3. The van der Waals surface area contributed by atoms with Crippen molar-refractivity contribution in [3.05, 3.63) is 71.8 Å². The van der Waals surface area contributed by atoms with E-state index in [1.54, 1.807) is 0 Å². The molecular formula is C18H20O2. The highest BCUT2D eigenvalue weighted by Gasteiger charge is 1.96. The van der Waals surface area contributed by atoms with Gasteiger partial charge >= 0.3 is 0 Å². The third-order valence-corrected chi connectivity index (χ3v) is 3.02. The summed E-state index contributed by atoms with van der Waals surface area (Å²) in [4.78, 5) is 0. The average molecular weight is 268 g/mol. The van der Waals surface area contributed by atoms with Crippen LogP contribution in [0.5, 0.6) is 11.5 Å². The van der Waals surface area contributed by atoms with Gasteiger partial charge in [-0.25, -0.2) is 0 Å². The molecule has 0 atom stereocenters. The van der Waals surface area contributed by atoms with Gasteiger partial charge in [0, 0.05) is 0 Å². The quantitative estimate of drug-likeness (QED) is 0.726. The SMILES string of the molecule is Cc1ccccc1OC/C=C/COc1ccccc1C. The molecule has 20 heavy (non-hydrogen) atoms. The van der Waals surface area contributed by atoms with E-state index in [2.05, 4.69) is 0 Å². The van der Waals surface area contributed by atoms with Gasteiger partial charge in [-0.1, -0.05) is 36.4 Å². The first kappa shape index (κ1) is 14.2. The number of aryl methyl sites for hydroxylation is 2. The molecule has 0 N–H and O–H groups in total. The average Bonchev–Trinajstić information content (AvgIpc) is 2.46. The zero-order chi connectivity index (χ0) is 14.2. The molecule has 0 aromatic heterocycles. The van der Waals surface area contributed by atoms with Gasteiger partial charge in [0.05, 0.1) is 0 Å². The fraction of sp³-hybridized carbons (Fsp3) is 0.222. The Balaban J connectivity index is 1.73. The lowest BCUT2D eigenvalue weighted by molar-refractivity contribution is 0.348. The van der Waals surface area contributed by atoms with Crippen molar-refractivity contribution in [2.75, 3.05) is 13.2 Å². The standard InChI is InChI=1S/C18H20O2/c1-15-9-3-5-11-17(15)19-13-7-8-14-20-18-12-6-4-10-16(18)2/h3-12H,13-14H2,1-2H3/b8-7+. The molecule has 2 aromatic carbocycles. The predicted octanol–water partition coefficient (Wildman–Crippen LogP) is 4.32. The second kappa shape index (κ2) is 7.39. The van der Waals surface area contributed by atoms with Crippen LogP contribution in [0.15, 0.2) is 60.7 Å². The van der Waals surface area contributed by atoms with E-state index in [4.69, 9.17) is 9.47 Å². The third-order valence-electron chi connectivity index (χ3n) is 3.02. The van der Waals surface area contributed by atoms with E-state index in [0.717, 1.165) is 22.6 Å². The fourth-order valence-electron chi connectivity index (χ4n) is 1.85. The van der Waals surface area contributed by atoms with E-state index < -0.39 is 0 Å². The molecule has 2 heteroatoms. The van der Waals surface area contributed by atoms with Crippen LogP contribution < -0.4 is 9.47 Å². The predicted molar refractivity (Wildman–Crippen MR) is 82.5 cm³/mol. The maximum atomic E-state index is 5.67. The number of benzene rings is 2. The first-order chi connectivity index (χ1) is 9.77. The molecule has 0 radical (unpaired) electrons. The first-order valence-electron chi connectivity index (χ1n) is 6.79. The van der Waals surface area contributed by atoms with E-state index in [1.165, 1.54) is 0 Å². The molecule has 0 aliphatic rings. The van der Waals surface area contributed by atoms with Crippen LogP contribution in [-0.2, 0) is 0 Å². The molecule has 104 valence electrons. The van der Waals surface area contributed by atoms with E-state index in [9.17, 15) is 0 Å². The second-order valence-corrected chi connectivity index (χ2v) is 4.62. The van der Waals surface area contributed by atoms with Crippen molar-refractivity contribution >= 4 is 0 Å². The molecule has 0 aliphatic heterocycles. The fourth-order valence-corrected chi connectivity index (χ4v) is 1.85. The molecule has 0 bridgehead atoms. The minimum absolute atomic E-state index is 0.558. The Bertz CT molecular complexity index is 522. The van der Waals surface area contributed by atoms with Crippen molar-refractivity contribution in [1.29, 1.82) is 0 Å². The number of ether oxygens (including phenoxy) is 2. The lowest BCUT2D eigenvalue weighted by Gasteiger charge is -2.07. The van der Waals surface area contributed by atoms with Crippen LogP contribution in [0, 0.1) is 13.8 Å². The molecular weight excluding hydrogens is 248 g/mol. The molecule has 2 aromatic rings. The molecule has 2 rings (SSSR count). The van der Waals surface area contributed by atoms with Crippen LogP contribution in [0.25, 0.3) is 0 Å². The minimum Gasteiger partial charge on any atom is -0.489 e. The summed E-state index contributed by atoms with van der Waals surface area (Å²) in [5, 5.41) is 0. The Kier molecular flexibility index (Phi) is 5.24. The Morgan fingerprint density at radius 1 is 0.700 bits per heavy atom. The van der Waals surface area contributed by atoms with Crippen molar-refractivity contribution in [3.63, 3.8) is 0 Å².